The molecule has 0 aliphatic heterocycles. The highest BCUT2D eigenvalue weighted by atomic mass is 16.5. The van der Waals surface area contributed by atoms with Gasteiger partial charge in [0.15, 0.2) is 0 Å². The summed E-state index contributed by atoms with van der Waals surface area (Å²) in [6, 6.07) is 16.3. The number of hydrogen-bond acceptors (Lipinski definition) is 2. The van der Waals surface area contributed by atoms with Gasteiger partial charge in [0, 0.05) is 6.42 Å². The zero-order chi connectivity index (χ0) is 13.1. The number of hydrogen-bond donors (Lipinski definition) is 1. The standard InChI is InChI=1S/C16H16N2O/c1-12-17-14-8-5-9-15(16(14)18-12)19-11-10-13-6-3-2-4-7-13/h2-9H,10-11H2,1H3,(H,17,18). The fourth-order valence-electron chi connectivity index (χ4n) is 2.17. The SMILES string of the molecule is Cc1nc2c(OCCc3ccccc3)cccc2[nH]1. The second kappa shape index (κ2) is 5.14. The maximum absolute atomic E-state index is 5.85. The van der Waals surface area contributed by atoms with Gasteiger partial charge < -0.3 is 9.72 Å². The van der Waals surface area contributed by atoms with Gasteiger partial charge in [-0.25, -0.2) is 4.98 Å². The van der Waals surface area contributed by atoms with Crippen molar-refractivity contribution in [3.05, 3.63) is 59.9 Å². The zero-order valence-electron chi connectivity index (χ0n) is 10.9. The number of fused-ring (bicyclic) bond motifs is 1. The number of aryl methyl sites for hydroxylation is 1. The molecular formula is C16H16N2O. The van der Waals surface area contributed by atoms with Crippen LogP contribution in [0.1, 0.15) is 11.4 Å². The molecule has 19 heavy (non-hydrogen) atoms. The Labute approximate surface area is 112 Å². The van der Waals surface area contributed by atoms with Gasteiger partial charge in [0.2, 0.25) is 0 Å². The Balaban J connectivity index is 1.72. The van der Waals surface area contributed by atoms with Crippen LogP contribution in [0.3, 0.4) is 0 Å². The van der Waals surface area contributed by atoms with Crippen LogP contribution in [0.5, 0.6) is 5.75 Å². The van der Waals surface area contributed by atoms with E-state index >= 15 is 0 Å². The van der Waals surface area contributed by atoms with Gasteiger partial charge in [-0.2, -0.15) is 0 Å². The van der Waals surface area contributed by atoms with Crippen LogP contribution in [0, 0.1) is 6.92 Å². The number of benzene rings is 2. The molecule has 3 rings (SSSR count). The molecule has 1 aromatic heterocycles. The van der Waals surface area contributed by atoms with Crippen molar-refractivity contribution < 1.29 is 4.74 Å². The van der Waals surface area contributed by atoms with Gasteiger partial charge in [-0.05, 0) is 24.6 Å². The first-order chi connectivity index (χ1) is 9.33. The average Bonchev–Trinajstić information content (AvgIpc) is 2.81. The second-order valence-electron chi connectivity index (χ2n) is 4.56. The summed E-state index contributed by atoms with van der Waals surface area (Å²) >= 11 is 0. The third-order valence-electron chi connectivity index (χ3n) is 3.09. The van der Waals surface area contributed by atoms with Gasteiger partial charge in [0.05, 0.1) is 12.1 Å². The van der Waals surface area contributed by atoms with Crippen LogP contribution < -0.4 is 4.74 Å². The fraction of sp³-hybridized carbons (Fsp3) is 0.188. The number of aromatic nitrogens is 2. The third kappa shape index (κ3) is 2.60. The predicted molar refractivity (Wildman–Crippen MR) is 76.5 cm³/mol. The molecule has 0 radical (unpaired) electrons. The van der Waals surface area contributed by atoms with E-state index in [1.165, 1.54) is 5.56 Å². The first-order valence-electron chi connectivity index (χ1n) is 6.45. The van der Waals surface area contributed by atoms with Gasteiger partial charge in [-0.1, -0.05) is 36.4 Å². The summed E-state index contributed by atoms with van der Waals surface area (Å²) in [5, 5.41) is 0. The normalized spacial score (nSPS) is 10.8. The highest BCUT2D eigenvalue weighted by molar-refractivity contribution is 5.81. The molecule has 0 unspecified atom stereocenters. The minimum Gasteiger partial charge on any atom is -0.491 e. The lowest BCUT2D eigenvalue weighted by Crippen LogP contribution is -2.01. The quantitative estimate of drug-likeness (QED) is 0.771. The number of aromatic amines is 1. The van der Waals surface area contributed by atoms with Crippen LogP contribution >= 0.6 is 0 Å². The molecule has 0 aliphatic carbocycles. The molecule has 0 saturated heterocycles. The maximum Gasteiger partial charge on any atom is 0.147 e. The minimum atomic E-state index is 0.662. The van der Waals surface area contributed by atoms with E-state index in [9.17, 15) is 0 Å². The number of ether oxygens (including phenoxy) is 1. The number of nitrogens with zero attached hydrogens (tertiary/aromatic N) is 1. The van der Waals surface area contributed by atoms with Crippen LogP contribution in [0.2, 0.25) is 0 Å². The molecule has 0 spiro atoms. The zero-order valence-corrected chi connectivity index (χ0v) is 10.9. The molecular weight excluding hydrogens is 236 g/mol. The molecule has 3 aromatic rings. The van der Waals surface area contributed by atoms with E-state index in [1.54, 1.807) is 0 Å². The molecule has 3 heteroatoms. The van der Waals surface area contributed by atoms with Gasteiger partial charge in [0.1, 0.15) is 17.1 Å². The molecule has 0 atom stereocenters. The lowest BCUT2D eigenvalue weighted by Gasteiger charge is -2.06. The van der Waals surface area contributed by atoms with Crippen LogP contribution in [0.15, 0.2) is 48.5 Å². The van der Waals surface area contributed by atoms with E-state index in [-0.39, 0.29) is 0 Å². The summed E-state index contributed by atoms with van der Waals surface area (Å²) < 4.78 is 5.85. The summed E-state index contributed by atoms with van der Waals surface area (Å²) in [4.78, 5) is 7.67. The molecule has 3 nitrogen and oxygen atoms in total. The summed E-state index contributed by atoms with van der Waals surface area (Å²) in [5.74, 6) is 1.76. The lowest BCUT2D eigenvalue weighted by molar-refractivity contribution is 0.325. The summed E-state index contributed by atoms with van der Waals surface area (Å²) in [7, 11) is 0. The Morgan fingerprint density at radius 3 is 2.74 bits per heavy atom. The second-order valence-corrected chi connectivity index (χ2v) is 4.56. The topological polar surface area (TPSA) is 37.9 Å². The fourth-order valence-corrected chi connectivity index (χ4v) is 2.17. The van der Waals surface area contributed by atoms with E-state index in [2.05, 4.69) is 22.1 Å². The van der Waals surface area contributed by atoms with Crippen LogP contribution in [-0.2, 0) is 6.42 Å². The first kappa shape index (κ1) is 11.8. The number of imidazole rings is 1. The summed E-state index contributed by atoms with van der Waals surface area (Å²) in [6.45, 7) is 2.61. The van der Waals surface area contributed by atoms with Gasteiger partial charge >= 0.3 is 0 Å². The average molecular weight is 252 g/mol. The number of H-pyrrole nitrogens is 1. The van der Waals surface area contributed by atoms with E-state index in [0.717, 1.165) is 29.0 Å². The summed E-state index contributed by atoms with van der Waals surface area (Å²) in [6.07, 6.45) is 0.903. The first-order valence-corrected chi connectivity index (χ1v) is 6.45. The highest BCUT2D eigenvalue weighted by Gasteiger charge is 2.05. The molecule has 1 N–H and O–H groups in total. The molecule has 0 aliphatic rings. The largest absolute Gasteiger partial charge is 0.491 e. The van der Waals surface area contributed by atoms with Gasteiger partial charge in [-0.3, -0.25) is 0 Å². The van der Waals surface area contributed by atoms with Crippen molar-refractivity contribution in [2.75, 3.05) is 6.61 Å². The van der Waals surface area contributed by atoms with Crippen molar-refractivity contribution in [1.82, 2.24) is 9.97 Å². The molecule has 0 bridgehead atoms. The van der Waals surface area contributed by atoms with Crippen molar-refractivity contribution in [2.24, 2.45) is 0 Å². The van der Waals surface area contributed by atoms with Gasteiger partial charge in [-0.15, -0.1) is 0 Å². The predicted octanol–water partition coefficient (Wildman–Crippen LogP) is 3.49. The van der Waals surface area contributed by atoms with E-state index in [0.29, 0.717) is 6.61 Å². The van der Waals surface area contributed by atoms with Crippen LogP contribution in [0.25, 0.3) is 11.0 Å². The smallest absolute Gasteiger partial charge is 0.147 e. The Hall–Kier alpha value is -2.29. The molecule has 0 saturated carbocycles. The van der Waals surface area contributed by atoms with Crippen molar-refractivity contribution in [1.29, 1.82) is 0 Å². The molecule has 96 valence electrons. The Morgan fingerprint density at radius 2 is 1.89 bits per heavy atom. The Morgan fingerprint density at radius 1 is 1.05 bits per heavy atom. The van der Waals surface area contributed by atoms with E-state index in [4.69, 9.17) is 4.74 Å². The third-order valence-corrected chi connectivity index (χ3v) is 3.09. The Bertz CT molecular complexity index is 674. The van der Waals surface area contributed by atoms with Crippen molar-refractivity contribution in [3.8, 4) is 5.75 Å². The van der Waals surface area contributed by atoms with Crippen molar-refractivity contribution in [3.63, 3.8) is 0 Å². The molecule has 1 heterocycles. The van der Waals surface area contributed by atoms with Gasteiger partial charge in [0.25, 0.3) is 0 Å². The molecule has 0 fully saturated rings. The van der Waals surface area contributed by atoms with Crippen LogP contribution in [0.4, 0.5) is 0 Å². The molecule has 0 amide bonds. The Kier molecular flexibility index (Phi) is 3.19. The lowest BCUT2D eigenvalue weighted by atomic mass is 10.2. The van der Waals surface area contributed by atoms with E-state index in [1.807, 2.05) is 43.3 Å². The molecule has 2 aromatic carbocycles. The number of rotatable bonds is 4. The number of nitrogens with one attached hydrogen (secondary N) is 1. The van der Waals surface area contributed by atoms with Crippen LogP contribution in [-0.4, -0.2) is 16.6 Å². The highest BCUT2D eigenvalue weighted by Crippen LogP contribution is 2.23. The van der Waals surface area contributed by atoms with E-state index < -0.39 is 0 Å². The van der Waals surface area contributed by atoms with Crippen molar-refractivity contribution >= 4 is 11.0 Å². The monoisotopic (exact) mass is 252 g/mol. The van der Waals surface area contributed by atoms with Crippen molar-refractivity contribution in [2.45, 2.75) is 13.3 Å². The minimum absolute atomic E-state index is 0.662. The maximum atomic E-state index is 5.85. The summed E-state index contributed by atoms with van der Waals surface area (Å²) in [5.41, 5.74) is 3.22. The number of para-hydroxylation sites is 1.